The minimum atomic E-state index is -4.24. The van der Waals surface area contributed by atoms with Gasteiger partial charge in [0.15, 0.2) is 0 Å². The van der Waals surface area contributed by atoms with E-state index >= 15 is 0 Å². The van der Waals surface area contributed by atoms with E-state index in [-0.39, 0.29) is 50.8 Å². The minimum Gasteiger partial charge on any atom is -0.491 e. The van der Waals surface area contributed by atoms with Gasteiger partial charge >= 0.3 is 12.2 Å². The molecule has 0 aliphatic carbocycles. The monoisotopic (exact) mass is 556 g/mol. The molecule has 40 heavy (non-hydrogen) atoms. The molecule has 0 radical (unpaired) electrons. The van der Waals surface area contributed by atoms with Crippen LogP contribution in [0.15, 0.2) is 60.7 Å². The highest BCUT2D eigenvalue weighted by atomic mass is 19.4. The molecule has 3 amide bonds. The van der Waals surface area contributed by atoms with Gasteiger partial charge in [0, 0.05) is 24.2 Å². The molecule has 11 heteroatoms. The third-order valence-corrected chi connectivity index (χ3v) is 7.28. The molecule has 0 saturated carbocycles. The Kier molecular flexibility index (Phi) is 7.55. The van der Waals surface area contributed by atoms with Crippen LogP contribution in [0.1, 0.15) is 28.8 Å². The number of nitrogens with one attached hydrogen (secondary N) is 1. The zero-order valence-corrected chi connectivity index (χ0v) is 21.5. The van der Waals surface area contributed by atoms with E-state index in [0.29, 0.717) is 23.5 Å². The second-order valence-corrected chi connectivity index (χ2v) is 9.94. The Balaban J connectivity index is 1.26. The van der Waals surface area contributed by atoms with Crippen molar-refractivity contribution in [2.24, 2.45) is 5.92 Å². The van der Waals surface area contributed by atoms with Gasteiger partial charge in [-0.15, -0.1) is 0 Å². The van der Waals surface area contributed by atoms with Gasteiger partial charge in [-0.2, -0.15) is 13.2 Å². The van der Waals surface area contributed by atoms with Crippen LogP contribution in [-0.2, 0) is 6.54 Å². The molecule has 3 aromatic carbocycles. The van der Waals surface area contributed by atoms with E-state index in [0.717, 1.165) is 22.8 Å². The molecule has 3 N–H and O–H groups in total. The molecule has 7 nitrogen and oxygen atoms in total. The lowest BCUT2D eigenvalue weighted by molar-refractivity contribution is -0.183. The maximum atomic E-state index is 13.3. The van der Waals surface area contributed by atoms with Gasteiger partial charge in [-0.1, -0.05) is 18.2 Å². The Morgan fingerprint density at radius 2 is 1.60 bits per heavy atom. The number of nitrogens with two attached hydrogens (primary N) is 1. The van der Waals surface area contributed by atoms with Crippen LogP contribution in [0, 0.1) is 11.7 Å². The van der Waals surface area contributed by atoms with Crippen molar-refractivity contribution in [1.29, 1.82) is 0 Å². The zero-order chi connectivity index (χ0) is 28.4. The molecule has 0 bridgehead atoms. The van der Waals surface area contributed by atoms with E-state index < -0.39 is 23.8 Å². The maximum absolute atomic E-state index is 13.3. The standard InChI is InChI=1S/C29H28F4N4O3/c30-23-6-7-25(24(34)16-23)35-27(38)19-3-1-18(2-4-19)20-5-8-26-21(15-20)17-37(13-14-40-26)28(39)36-11-9-22(10-12-36)29(31,32)33/h1-8,15-16,22H,9-14,17,34H2,(H,35,38). The lowest BCUT2D eigenvalue weighted by atomic mass is 9.96. The number of carbonyl (C=O) groups excluding carboxylic acids is 2. The summed E-state index contributed by atoms with van der Waals surface area (Å²) in [4.78, 5) is 28.9. The third kappa shape index (κ3) is 5.98. The van der Waals surface area contributed by atoms with Crippen LogP contribution in [0.25, 0.3) is 11.1 Å². The van der Waals surface area contributed by atoms with Crippen LogP contribution < -0.4 is 15.8 Å². The molecule has 2 heterocycles. The molecular weight excluding hydrogens is 528 g/mol. The fraction of sp³-hybridized carbons (Fsp3) is 0.310. The maximum Gasteiger partial charge on any atom is 0.391 e. The van der Waals surface area contributed by atoms with Crippen LogP contribution in [0.5, 0.6) is 5.75 Å². The van der Waals surface area contributed by atoms with Crippen molar-refractivity contribution < 1.29 is 31.9 Å². The summed E-state index contributed by atoms with van der Waals surface area (Å²) in [5.41, 5.74) is 9.05. The number of rotatable bonds is 3. The first-order valence-corrected chi connectivity index (χ1v) is 12.9. The van der Waals surface area contributed by atoms with Crippen molar-refractivity contribution in [3.05, 3.63) is 77.6 Å². The Morgan fingerprint density at radius 1 is 0.900 bits per heavy atom. The first-order valence-electron chi connectivity index (χ1n) is 12.9. The number of nitrogens with zero attached hydrogens (tertiary/aromatic N) is 2. The number of carbonyl (C=O) groups is 2. The highest BCUT2D eigenvalue weighted by Gasteiger charge is 2.42. The number of alkyl halides is 3. The largest absolute Gasteiger partial charge is 0.491 e. The lowest BCUT2D eigenvalue weighted by Gasteiger charge is -2.35. The van der Waals surface area contributed by atoms with Crippen molar-refractivity contribution in [3.8, 4) is 16.9 Å². The predicted octanol–water partition coefficient (Wildman–Crippen LogP) is 5.92. The molecule has 1 fully saturated rings. The van der Waals surface area contributed by atoms with Gasteiger partial charge in [0.05, 0.1) is 30.4 Å². The number of hydrogen-bond acceptors (Lipinski definition) is 4. The molecule has 0 unspecified atom stereocenters. The number of benzene rings is 3. The molecule has 1 saturated heterocycles. The van der Waals surface area contributed by atoms with Crippen molar-refractivity contribution >= 4 is 23.3 Å². The van der Waals surface area contributed by atoms with Crippen molar-refractivity contribution in [1.82, 2.24) is 9.80 Å². The quantitative estimate of drug-likeness (QED) is 0.310. The summed E-state index contributed by atoms with van der Waals surface area (Å²) in [6.45, 7) is 1.01. The van der Waals surface area contributed by atoms with E-state index in [1.54, 1.807) is 29.2 Å². The summed E-state index contributed by atoms with van der Waals surface area (Å²) in [5, 5.41) is 2.67. The summed E-state index contributed by atoms with van der Waals surface area (Å²) in [6, 6.07) is 16.0. The topological polar surface area (TPSA) is 87.9 Å². The highest BCUT2D eigenvalue weighted by molar-refractivity contribution is 6.05. The molecule has 0 aromatic heterocycles. The number of amides is 3. The van der Waals surface area contributed by atoms with Gasteiger partial charge in [-0.05, 0) is 66.4 Å². The summed E-state index contributed by atoms with van der Waals surface area (Å²) < 4.78 is 58.2. The van der Waals surface area contributed by atoms with Crippen molar-refractivity contribution in [2.75, 3.05) is 37.3 Å². The van der Waals surface area contributed by atoms with Crippen LogP contribution in [0.2, 0.25) is 0 Å². The second kappa shape index (κ2) is 11.1. The van der Waals surface area contributed by atoms with Crippen molar-refractivity contribution in [3.63, 3.8) is 0 Å². The van der Waals surface area contributed by atoms with E-state index in [2.05, 4.69) is 5.32 Å². The number of likely N-dealkylation sites (tertiary alicyclic amines) is 1. The van der Waals surface area contributed by atoms with E-state index in [4.69, 9.17) is 10.5 Å². The SMILES string of the molecule is Nc1cc(F)ccc1NC(=O)c1ccc(-c2ccc3c(c2)CN(C(=O)N2CCC(C(F)(F)F)CC2)CCO3)cc1. The van der Waals surface area contributed by atoms with Gasteiger partial charge in [0.25, 0.3) is 5.91 Å². The van der Waals surface area contributed by atoms with E-state index in [1.807, 2.05) is 18.2 Å². The zero-order valence-electron chi connectivity index (χ0n) is 21.5. The van der Waals surface area contributed by atoms with Gasteiger partial charge in [-0.3, -0.25) is 4.79 Å². The summed E-state index contributed by atoms with van der Waals surface area (Å²) in [5.74, 6) is -1.62. The number of halogens is 4. The highest BCUT2D eigenvalue weighted by Crippen LogP contribution is 2.35. The number of nitrogen functional groups attached to an aromatic ring is 1. The molecule has 0 atom stereocenters. The fourth-order valence-corrected chi connectivity index (χ4v) is 4.99. The first-order chi connectivity index (χ1) is 19.1. The molecular formula is C29H28F4N4O3. The average Bonchev–Trinajstić information content (AvgIpc) is 3.16. The second-order valence-electron chi connectivity index (χ2n) is 9.94. The Bertz CT molecular complexity index is 1400. The Labute approximate surface area is 228 Å². The molecule has 5 rings (SSSR count). The van der Waals surface area contributed by atoms with Gasteiger partial charge in [0.1, 0.15) is 18.2 Å². The Morgan fingerprint density at radius 3 is 2.27 bits per heavy atom. The summed E-state index contributed by atoms with van der Waals surface area (Å²) in [7, 11) is 0. The van der Waals surface area contributed by atoms with Crippen LogP contribution in [0.4, 0.5) is 33.7 Å². The smallest absolute Gasteiger partial charge is 0.391 e. The van der Waals surface area contributed by atoms with Crippen LogP contribution in [0.3, 0.4) is 0 Å². The van der Waals surface area contributed by atoms with Crippen LogP contribution in [-0.4, -0.2) is 54.2 Å². The molecule has 3 aromatic rings. The average molecular weight is 557 g/mol. The normalized spacial score (nSPS) is 16.1. The molecule has 0 spiro atoms. The fourth-order valence-electron chi connectivity index (χ4n) is 4.99. The number of piperidine rings is 1. The van der Waals surface area contributed by atoms with Gasteiger partial charge in [-0.25, -0.2) is 9.18 Å². The Hall–Kier alpha value is -4.28. The van der Waals surface area contributed by atoms with Gasteiger partial charge in [0.2, 0.25) is 0 Å². The first kappa shape index (κ1) is 27.3. The van der Waals surface area contributed by atoms with E-state index in [1.165, 1.54) is 17.0 Å². The molecule has 2 aliphatic rings. The van der Waals surface area contributed by atoms with Gasteiger partial charge < -0.3 is 25.6 Å². The number of hydrogen-bond donors (Lipinski definition) is 2. The summed E-state index contributed by atoms with van der Waals surface area (Å²) >= 11 is 0. The van der Waals surface area contributed by atoms with E-state index in [9.17, 15) is 27.2 Å². The number of anilines is 2. The number of urea groups is 1. The number of ether oxygens (including phenoxy) is 1. The van der Waals surface area contributed by atoms with Crippen LogP contribution >= 0.6 is 0 Å². The summed E-state index contributed by atoms with van der Waals surface area (Å²) in [6.07, 6.45) is -4.42. The molecule has 2 aliphatic heterocycles. The van der Waals surface area contributed by atoms with Crippen molar-refractivity contribution in [2.45, 2.75) is 25.6 Å². The third-order valence-electron chi connectivity index (χ3n) is 7.28. The number of fused-ring (bicyclic) bond motifs is 1. The minimum absolute atomic E-state index is 0.0704. The lowest BCUT2D eigenvalue weighted by Crippen LogP contribution is -2.48. The molecule has 210 valence electrons. The predicted molar refractivity (Wildman–Crippen MR) is 142 cm³/mol.